The van der Waals surface area contributed by atoms with Crippen LogP contribution in [0.15, 0.2) is 22.5 Å². The molecule has 1 N–H and O–H groups in total. The van der Waals surface area contributed by atoms with Crippen molar-refractivity contribution in [2.45, 2.75) is 38.9 Å². The van der Waals surface area contributed by atoms with Gasteiger partial charge in [0.05, 0.1) is 35.9 Å². The highest BCUT2D eigenvalue weighted by Crippen LogP contribution is 2.38. The van der Waals surface area contributed by atoms with E-state index in [1.54, 1.807) is 18.5 Å². The summed E-state index contributed by atoms with van der Waals surface area (Å²) in [6, 6.07) is 0. The van der Waals surface area contributed by atoms with Crippen LogP contribution in [-0.4, -0.2) is 40.0 Å². The lowest BCUT2D eigenvalue weighted by atomic mass is 9.78. The molecule has 7 heteroatoms. The van der Waals surface area contributed by atoms with Crippen molar-refractivity contribution in [2.75, 3.05) is 6.61 Å². The Labute approximate surface area is 127 Å². The molecule has 0 spiro atoms. The number of halogens is 1. The molecular weight excluding hydrogens is 323 g/mol. The fraction of sp³-hybridized carbons (Fsp3) is 0.538. The summed E-state index contributed by atoms with van der Waals surface area (Å²) in [5.74, 6) is 0. The van der Waals surface area contributed by atoms with Crippen LogP contribution in [0.3, 0.4) is 0 Å². The molecule has 0 bridgehead atoms. The minimum absolute atomic E-state index is 0.158. The summed E-state index contributed by atoms with van der Waals surface area (Å²) in [6.07, 6.45) is 4.96. The minimum atomic E-state index is -0.574. The number of aliphatic hydroxyl groups excluding tert-OH is 1. The Hall–Kier alpha value is -0.755. The van der Waals surface area contributed by atoms with Crippen molar-refractivity contribution in [3.63, 3.8) is 0 Å². The van der Waals surface area contributed by atoms with Gasteiger partial charge in [0.1, 0.15) is 4.60 Å². The van der Waals surface area contributed by atoms with E-state index in [1.165, 1.54) is 0 Å². The Balaban J connectivity index is 2.24. The van der Waals surface area contributed by atoms with Gasteiger partial charge in [0.2, 0.25) is 0 Å². The van der Waals surface area contributed by atoms with Gasteiger partial charge in [-0.15, -0.1) is 0 Å². The highest BCUT2D eigenvalue weighted by molar-refractivity contribution is 9.10. The maximum absolute atomic E-state index is 9.56. The second kappa shape index (κ2) is 5.56. The van der Waals surface area contributed by atoms with Crippen molar-refractivity contribution in [1.82, 2.24) is 9.97 Å². The predicted molar refractivity (Wildman–Crippen MR) is 80.9 cm³/mol. The third kappa shape index (κ3) is 3.11. The highest BCUT2D eigenvalue weighted by Gasteiger charge is 2.52. The van der Waals surface area contributed by atoms with Crippen molar-refractivity contribution >= 4 is 29.1 Å². The van der Waals surface area contributed by atoms with Crippen LogP contribution in [0.4, 0.5) is 0 Å². The summed E-state index contributed by atoms with van der Waals surface area (Å²) in [4.78, 5) is 8.30. The normalized spacial score (nSPS) is 21.3. The van der Waals surface area contributed by atoms with E-state index in [0.29, 0.717) is 15.8 Å². The van der Waals surface area contributed by atoms with Crippen LogP contribution in [0.5, 0.6) is 0 Å². The van der Waals surface area contributed by atoms with Crippen molar-refractivity contribution in [1.29, 1.82) is 0 Å². The summed E-state index contributed by atoms with van der Waals surface area (Å²) in [7, 11) is -0.574. The van der Waals surface area contributed by atoms with E-state index in [1.807, 2.05) is 27.7 Å². The van der Waals surface area contributed by atoms with Crippen molar-refractivity contribution in [3.8, 4) is 0 Å². The summed E-state index contributed by atoms with van der Waals surface area (Å²) in [6.45, 7) is 7.74. The third-order valence-corrected chi connectivity index (χ3v) is 4.12. The molecule has 0 atom stereocenters. The van der Waals surface area contributed by atoms with Crippen molar-refractivity contribution in [3.05, 3.63) is 28.2 Å². The lowest BCUT2D eigenvalue weighted by Crippen LogP contribution is -2.41. The SMILES string of the molecule is CC1(C)OB(C(=Cc2cnc(Br)cn2)CO)OC1(C)C. The first kappa shape index (κ1) is 15.6. The van der Waals surface area contributed by atoms with Gasteiger partial charge in [0.25, 0.3) is 0 Å². The van der Waals surface area contributed by atoms with E-state index < -0.39 is 18.3 Å². The van der Waals surface area contributed by atoms with Gasteiger partial charge in [-0.25, -0.2) is 4.98 Å². The molecule has 0 aliphatic carbocycles. The zero-order valence-electron chi connectivity index (χ0n) is 12.1. The number of aromatic nitrogens is 2. The maximum atomic E-state index is 9.56. The quantitative estimate of drug-likeness (QED) is 0.855. The van der Waals surface area contributed by atoms with Gasteiger partial charge >= 0.3 is 7.12 Å². The van der Waals surface area contributed by atoms with E-state index in [4.69, 9.17) is 9.31 Å². The van der Waals surface area contributed by atoms with Crippen LogP contribution in [-0.2, 0) is 9.31 Å². The first-order valence-corrected chi connectivity index (χ1v) is 7.19. The van der Waals surface area contributed by atoms with Crippen LogP contribution >= 0.6 is 15.9 Å². The number of hydrogen-bond donors (Lipinski definition) is 1. The summed E-state index contributed by atoms with van der Waals surface area (Å²) in [5.41, 5.74) is 0.404. The van der Waals surface area contributed by atoms with Gasteiger partial charge in [-0.1, -0.05) is 0 Å². The second-order valence-electron chi connectivity index (χ2n) is 5.73. The van der Waals surface area contributed by atoms with Crippen molar-refractivity contribution in [2.24, 2.45) is 0 Å². The van der Waals surface area contributed by atoms with Gasteiger partial charge in [-0.2, -0.15) is 0 Å². The zero-order chi connectivity index (χ0) is 15.0. The number of nitrogens with zero attached hydrogens (tertiary/aromatic N) is 2. The minimum Gasteiger partial charge on any atom is -0.400 e. The molecule has 108 valence electrons. The topological polar surface area (TPSA) is 64.5 Å². The number of hydrogen-bond acceptors (Lipinski definition) is 5. The molecule has 0 aromatic carbocycles. The molecule has 0 unspecified atom stereocenters. The van der Waals surface area contributed by atoms with Gasteiger partial charge in [0, 0.05) is 0 Å². The molecule has 1 aromatic rings. The Morgan fingerprint density at radius 3 is 2.30 bits per heavy atom. The van der Waals surface area contributed by atoms with E-state index >= 15 is 0 Å². The standard InChI is InChI=1S/C13H18BBrN2O3/c1-12(2)13(3,4)20-14(19-12)9(8-18)5-10-6-17-11(15)7-16-10/h5-7,18H,8H2,1-4H3. The molecule has 2 heterocycles. The Bertz CT molecular complexity index is 501. The van der Waals surface area contributed by atoms with Crippen LogP contribution in [0.25, 0.3) is 6.08 Å². The lowest BCUT2D eigenvalue weighted by molar-refractivity contribution is 0.00578. The molecule has 1 saturated heterocycles. The fourth-order valence-electron chi connectivity index (χ4n) is 1.77. The largest absolute Gasteiger partial charge is 0.492 e. The number of rotatable bonds is 3. The fourth-order valence-corrected chi connectivity index (χ4v) is 1.97. The summed E-state index contributed by atoms with van der Waals surface area (Å²) < 4.78 is 12.5. The van der Waals surface area contributed by atoms with Crippen LogP contribution in [0.1, 0.15) is 33.4 Å². The molecular formula is C13H18BBrN2O3. The van der Waals surface area contributed by atoms with Crippen LogP contribution in [0, 0.1) is 0 Å². The third-order valence-electron chi connectivity index (χ3n) is 3.71. The van der Waals surface area contributed by atoms with E-state index in [2.05, 4.69) is 25.9 Å². The molecule has 2 rings (SSSR count). The van der Waals surface area contributed by atoms with Gasteiger partial charge in [-0.3, -0.25) is 4.98 Å². The lowest BCUT2D eigenvalue weighted by Gasteiger charge is -2.32. The smallest absolute Gasteiger partial charge is 0.400 e. The average Bonchev–Trinajstić information content (AvgIpc) is 2.57. The first-order valence-electron chi connectivity index (χ1n) is 6.40. The molecule has 1 aromatic heterocycles. The molecule has 1 aliphatic heterocycles. The number of aliphatic hydroxyl groups is 1. The Morgan fingerprint density at radius 2 is 1.85 bits per heavy atom. The predicted octanol–water partition coefficient (Wildman–Crippen LogP) is 2.25. The van der Waals surface area contributed by atoms with E-state index in [0.717, 1.165) is 0 Å². The van der Waals surface area contributed by atoms with Crippen molar-refractivity contribution < 1.29 is 14.4 Å². The van der Waals surface area contributed by atoms with E-state index in [9.17, 15) is 5.11 Å². The van der Waals surface area contributed by atoms with Crippen LogP contribution in [0.2, 0.25) is 0 Å². The van der Waals surface area contributed by atoms with Gasteiger partial charge < -0.3 is 14.4 Å². The maximum Gasteiger partial charge on any atom is 0.492 e. The highest BCUT2D eigenvalue weighted by atomic mass is 79.9. The average molecular weight is 341 g/mol. The molecule has 1 aliphatic rings. The molecule has 1 fully saturated rings. The Morgan fingerprint density at radius 1 is 1.25 bits per heavy atom. The molecule has 20 heavy (non-hydrogen) atoms. The van der Waals surface area contributed by atoms with Gasteiger partial charge in [0.15, 0.2) is 0 Å². The molecule has 0 saturated carbocycles. The molecule has 0 amide bonds. The summed E-state index contributed by atoms with van der Waals surface area (Å²) >= 11 is 3.23. The van der Waals surface area contributed by atoms with Gasteiger partial charge in [-0.05, 0) is 55.2 Å². The van der Waals surface area contributed by atoms with Crippen LogP contribution < -0.4 is 0 Å². The monoisotopic (exact) mass is 340 g/mol. The Kier molecular flexibility index (Phi) is 4.34. The molecule has 5 nitrogen and oxygen atoms in total. The second-order valence-corrected chi connectivity index (χ2v) is 6.54. The summed E-state index contributed by atoms with van der Waals surface area (Å²) in [5, 5.41) is 9.56. The first-order chi connectivity index (χ1) is 9.25. The molecule has 0 radical (unpaired) electrons. The van der Waals surface area contributed by atoms with E-state index in [-0.39, 0.29) is 6.61 Å². The zero-order valence-corrected chi connectivity index (χ0v) is 13.6.